The number of para-hydroxylation sites is 1. The van der Waals surface area contributed by atoms with Crippen LogP contribution in [-0.4, -0.2) is 41.4 Å². The third-order valence-electron chi connectivity index (χ3n) is 9.89. The summed E-state index contributed by atoms with van der Waals surface area (Å²) in [5, 5.41) is 16.5. The number of nitro benzene ring substituents is 1. The van der Waals surface area contributed by atoms with Crippen LogP contribution >= 0.6 is 11.6 Å². The maximum atomic E-state index is 12.7. The Morgan fingerprint density at radius 2 is 1.62 bits per heavy atom. The smallest absolute Gasteiger partial charge is 0.315 e. The number of aliphatic imine (C=N–C) groups is 1. The van der Waals surface area contributed by atoms with Crippen LogP contribution in [0.3, 0.4) is 0 Å². The van der Waals surface area contributed by atoms with Crippen LogP contribution in [0.4, 0.5) is 22.7 Å². The third kappa shape index (κ3) is 7.93. The van der Waals surface area contributed by atoms with Crippen LogP contribution in [0.15, 0.2) is 107 Å². The fraction of sp³-hybridized carbons (Fsp3) is 0.333. The number of nitrogens with one attached hydrogen (secondary N) is 1. The number of ether oxygens (including phenoxy) is 3. The Labute approximate surface area is 296 Å². The number of anilines is 3. The van der Waals surface area contributed by atoms with E-state index in [4.69, 9.17) is 25.8 Å². The average Bonchev–Trinajstić information content (AvgIpc) is 3.15. The minimum absolute atomic E-state index is 0.00907. The van der Waals surface area contributed by atoms with Gasteiger partial charge in [0.2, 0.25) is 11.8 Å². The molecule has 2 saturated heterocycles. The number of halogens is 1. The van der Waals surface area contributed by atoms with E-state index in [1.165, 1.54) is 0 Å². The van der Waals surface area contributed by atoms with E-state index in [0.717, 1.165) is 43.2 Å². The first-order chi connectivity index (χ1) is 24.4. The predicted molar refractivity (Wildman–Crippen MR) is 196 cm³/mol. The number of rotatable bonds is 11. The van der Waals surface area contributed by atoms with Gasteiger partial charge in [0.25, 0.3) is 0 Å². The summed E-state index contributed by atoms with van der Waals surface area (Å²) in [6, 6.07) is 28.5. The third-order valence-corrected chi connectivity index (χ3v) is 10.1. The highest BCUT2D eigenvalue weighted by atomic mass is 35.5. The van der Waals surface area contributed by atoms with Crippen molar-refractivity contribution in [2.45, 2.75) is 50.9 Å². The van der Waals surface area contributed by atoms with Crippen molar-refractivity contribution in [3.63, 3.8) is 0 Å². The minimum atomic E-state index is -0.314. The molecule has 3 aliphatic heterocycles. The van der Waals surface area contributed by atoms with Gasteiger partial charge in [0.15, 0.2) is 0 Å². The molecule has 0 bridgehead atoms. The summed E-state index contributed by atoms with van der Waals surface area (Å²) in [4.78, 5) is 23.4. The zero-order chi connectivity index (χ0) is 34.3. The van der Waals surface area contributed by atoms with Crippen LogP contribution in [0.25, 0.3) is 0 Å². The molecule has 2 fully saturated rings. The fourth-order valence-electron chi connectivity index (χ4n) is 6.99. The number of aromatic nitrogens is 1. The molecule has 4 heterocycles. The molecule has 1 N–H and O–H groups in total. The number of benzene rings is 3. The normalized spacial score (nSPS) is 19.9. The molecule has 258 valence electrons. The molecular weight excluding hydrogens is 654 g/mol. The molecule has 3 aromatic carbocycles. The lowest BCUT2D eigenvalue weighted by Gasteiger charge is -2.47. The Hall–Kier alpha value is -4.93. The second kappa shape index (κ2) is 15.3. The van der Waals surface area contributed by atoms with Crippen LogP contribution in [0, 0.1) is 22.0 Å². The first kappa shape index (κ1) is 33.6. The van der Waals surface area contributed by atoms with Gasteiger partial charge in [0, 0.05) is 31.3 Å². The first-order valence-electron chi connectivity index (χ1n) is 17.1. The zero-order valence-corrected chi connectivity index (χ0v) is 28.5. The SMILES string of the molecule is O=[N+]([O-])c1c(Nc2ccc(OCc3ccccc3)nc2OCc2ccccc2)cccc1N1CCC2(CCC(C3C=NC(Cl)=CC3)CO2)CC1. The summed E-state index contributed by atoms with van der Waals surface area (Å²) in [6.07, 6.45) is 8.52. The summed E-state index contributed by atoms with van der Waals surface area (Å²) in [5.74, 6) is 1.45. The highest BCUT2D eigenvalue weighted by Crippen LogP contribution is 2.44. The lowest BCUT2D eigenvalue weighted by molar-refractivity contribution is -0.383. The molecule has 7 rings (SSSR count). The van der Waals surface area contributed by atoms with E-state index in [9.17, 15) is 10.1 Å². The van der Waals surface area contributed by atoms with Crippen molar-refractivity contribution in [1.29, 1.82) is 0 Å². The summed E-state index contributed by atoms with van der Waals surface area (Å²) >= 11 is 6.03. The second-order valence-electron chi connectivity index (χ2n) is 13.1. The van der Waals surface area contributed by atoms with Crippen molar-refractivity contribution >= 4 is 40.6 Å². The Bertz CT molecular complexity index is 1840. The molecule has 0 aliphatic carbocycles. The van der Waals surface area contributed by atoms with Gasteiger partial charge in [-0.05, 0) is 73.4 Å². The number of nitrogens with zero attached hydrogens (tertiary/aromatic N) is 4. The van der Waals surface area contributed by atoms with Gasteiger partial charge in [0.05, 0.1) is 17.1 Å². The van der Waals surface area contributed by atoms with Crippen molar-refractivity contribution in [3.05, 3.63) is 123 Å². The predicted octanol–water partition coefficient (Wildman–Crippen LogP) is 8.83. The Kier molecular flexibility index (Phi) is 10.3. The number of hydrogen-bond donors (Lipinski definition) is 1. The average molecular weight is 694 g/mol. The van der Waals surface area contributed by atoms with E-state index in [1.54, 1.807) is 18.2 Å². The van der Waals surface area contributed by atoms with E-state index in [2.05, 4.69) is 20.2 Å². The molecular formula is C39H40ClN5O5. The van der Waals surface area contributed by atoms with Gasteiger partial charge in [-0.25, -0.2) is 4.99 Å². The Morgan fingerprint density at radius 1 is 0.900 bits per heavy atom. The van der Waals surface area contributed by atoms with Crippen molar-refractivity contribution in [1.82, 2.24) is 4.98 Å². The van der Waals surface area contributed by atoms with E-state index in [1.807, 2.05) is 85.1 Å². The largest absolute Gasteiger partial charge is 0.473 e. The van der Waals surface area contributed by atoms with Crippen molar-refractivity contribution in [2.24, 2.45) is 16.8 Å². The fourth-order valence-corrected chi connectivity index (χ4v) is 7.14. The van der Waals surface area contributed by atoms with Gasteiger partial charge in [-0.15, -0.1) is 0 Å². The van der Waals surface area contributed by atoms with Crippen molar-refractivity contribution in [3.8, 4) is 11.8 Å². The molecule has 2 unspecified atom stereocenters. The molecule has 0 radical (unpaired) electrons. The van der Waals surface area contributed by atoms with Gasteiger partial charge in [-0.3, -0.25) is 10.1 Å². The van der Waals surface area contributed by atoms with Gasteiger partial charge < -0.3 is 24.4 Å². The molecule has 0 saturated carbocycles. The Balaban J connectivity index is 1.06. The first-order valence-corrected chi connectivity index (χ1v) is 17.5. The Morgan fingerprint density at radius 3 is 2.26 bits per heavy atom. The molecule has 10 nitrogen and oxygen atoms in total. The maximum absolute atomic E-state index is 12.7. The summed E-state index contributed by atoms with van der Waals surface area (Å²) in [6.45, 7) is 2.64. The van der Waals surface area contributed by atoms with E-state index < -0.39 is 0 Å². The molecule has 0 amide bonds. The summed E-state index contributed by atoms with van der Waals surface area (Å²) in [7, 11) is 0. The molecule has 11 heteroatoms. The van der Waals surface area contributed by atoms with E-state index in [-0.39, 0.29) is 28.7 Å². The van der Waals surface area contributed by atoms with Gasteiger partial charge in [0.1, 0.15) is 35.4 Å². The number of allylic oxidation sites excluding steroid dienone is 1. The van der Waals surface area contributed by atoms with E-state index >= 15 is 0 Å². The van der Waals surface area contributed by atoms with Gasteiger partial charge >= 0.3 is 5.69 Å². The highest BCUT2D eigenvalue weighted by Gasteiger charge is 2.42. The quantitative estimate of drug-likeness (QED) is 0.0943. The number of pyridine rings is 1. The molecule has 1 aromatic heterocycles. The van der Waals surface area contributed by atoms with Crippen LogP contribution in [0.5, 0.6) is 11.8 Å². The minimum Gasteiger partial charge on any atom is -0.473 e. The summed E-state index contributed by atoms with van der Waals surface area (Å²) in [5.41, 5.74) is 3.22. The van der Waals surface area contributed by atoms with Crippen molar-refractivity contribution in [2.75, 3.05) is 29.9 Å². The molecule has 3 aliphatic rings. The van der Waals surface area contributed by atoms with E-state index in [0.29, 0.717) is 66.2 Å². The molecule has 1 spiro atoms. The lowest BCUT2D eigenvalue weighted by Crippen LogP contribution is -2.50. The van der Waals surface area contributed by atoms with Crippen LogP contribution in [0.1, 0.15) is 43.2 Å². The lowest BCUT2D eigenvalue weighted by atomic mass is 9.77. The molecule has 50 heavy (non-hydrogen) atoms. The standard InChI is InChI=1S/C39H40ClN5O5/c40-35-16-14-30(24-41-35)31-18-19-39(50-27-31)20-22-44(23-21-39)34-13-7-12-32(37(34)45(46)47)42-33-15-17-36(48-25-28-8-3-1-4-9-28)43-38(33)49-26-29-10-5-2-6-11-29/h1-13,15-17,24,30-31,42H,14,18-23,25-27H2. The van der Waals surface area contributed by atoms with Crippen molar-refractivity contribution < 1.29 is 19.1 Å². The number of piperidine rings is 1. The van der Waals surface area contributed by atoms with Gasteiger partial charge in [-0.2, -0.15) is 4.98 Å². The molecule has 2 atom stereocenters. The number of hydrogen-bond acceptors (Lipinski definition) is 9. The summed E-state index contributed by atoms with van der Waals surface area (Å²) < 4.78 is 18.7. The van der Waals surface area contributed by atoms with Crippen LogP contribution in [-0.2, 0) is 18.0 Å². The number of nitro groups is 1. The second-order valence-corrected chi connectivity index (χ2v) is 13.5. The monoisotopic (exact) mass is 693 g/mol. The highest BCUT2D eigenvalue weighted by molar-refractivity contribution is 6.29. The molecule has 4 aromatic rings. The maximum Gasteiger partial charge on any atom is 0.315 e. The van der Waals surface area contributed by atoms with Crippen LogP contribution in [0.2, 0.25) is 0 Å². The van der Waals surface area contributed by atoms with Crippen LogP contribution < -0.4 is 19.7 Å². The zero-order valence-electron chi connectivity index (χ0n) is 27.7. The van der Waals surface area contributed by atoms with Gasteiger partial charge in [-0.1, -0.05) is 78.3 Å². The topological polar surface area (TPSA) is 111 Å².